The first-order valence-electron chi connectivity index (χ1n) is 10.9. The summed E-state index contributed by atoms with van der Waals surface area (Å²) in [5.41, 5.74) is 1.10. The van der Waals surface area contributed by atoms with Crippen LogP contribution in [0.1, 0.15) is 12.5 Å². The number of hydrogen-bond donors (Lipinski definition) is 0. The Morgan fingerprint density at radius 3 is 1.38 bits per heavy atom. The lowest BCUT2D eigenvalue weighted by Gasteiger charge is -2.32. The van der Waals surface area contributed by atoms with E-state index in [4.69, 9.17) is 4.74 Å². The van der Waals surface area contributed by atoms with E-state index in [1.54, 1.807) is 0 Å². The van der Waals surface area contributed by atoms with Gasteiger partial charge in [-0.25, -0.2) is 4.79 Å². The molecule has 0 spiro atoms. The average Bonchev–Trinajstić information content (AvgIpc) is 2.87. The Morgan fingerprint density at radius 1 is 0.625 bits per heavy atom. The summed E-state index contributed by atoms with van der Waals surface area (Å²) in [6.45, 7) is -0.263. The number of hydrogen-bond acceptors (Lipinski definition) is 2. The van der Waals surface area contributed by atoms with Crippen LogP contribution in [-0.4, -0.2) is 17.9 Å². The highest BCUT2D eigenvalue weighted by atomic mass is 31.2. The third-order valence-electron chi connectivity index (χ3n) is 5.56. The molecule has 0 atom stereocenters. The van der Waals surface area contributed by atoms with E-state index in [2.05, 4.69) is 84.9 Å². The van der Waals surface area contributed by atoms with E-state index in [1.807, 2.05) is 43.3 Å². The number of esters is 1. The highest BCUT2D eigenvalue weighted by Gasteiger charge is 2.33. The van der Waals surface area contributed by atoms with Gasteiger partial charge in [0, 0.05) is 6.42 Å². The van der Waals surface area contributed by atoms with Gasteiger partial charge in [-0.15, -0.1) is 0 Å². The van der Waals surface area contributed by atoms with E-state index >= 15 is 0 Å². The predicted molar refractivity (Wildman–Crippen MR) is 137 cm³/mol. The molecule has 0 fully saturated rings. The largest absolute Gasteiger partial charge is 0.463 e. The van der Waals surface area contributed by atoms with Crippen LogP contribution in [0.2, 0.25) is 0 Å². The Kier molecular flexibility index (Phi) is 7.04. The van der Waals surface area contributed by atoms with Gasteiger partial charge < -0.3 is 4.74 Å². The van der Waals surface area contributed by atoms with Crippen molar-refractivity contribution in [3.05, 3.63) is 127 Å². The van der Waals surface area contributed by atoms with E-state index in [0.29, 0.717) is 13.0 Å². The second-order valence-electron chi connectivity index (χ2n) is 7.51. The van der Waals surface area contributed by atoms with E-state index in [-0.39, 0.29) is 5.97 Å². The number of ether oxygens (including phenoxy) is 1. The maximum Gasteiger partial charge on any atom is 0.335 e. The fourth-order valence-electron chi connectivity index (χ4n) is 4.20. The maximum atomic E-state index is 13.7. The summed E-state index contributed by atoms with van der Waals surface area (Å²) in [7, 11) is 0. The van der Waals surface area contributed by atoms with Crippen molar-refractivity contribution in [3.63, 3.8) is 0 Å². The van der Waals surface area contributed by atoms with Gasteiger partial charge in [0.15, 0.2) is 0 Å². The van der Waals surface area contributed by atoms with Gasteiger partial charge in [-0.1, -0.05) is 121 Å². The third-order valence-corrected chi connectivity index (χ3v) is 9.93. The van der Waals surface area contributed by atoms with Crippen molar-refractivity contribution in [3.8, 4) is 0 Å². The summed E-state index contributed by atoms with van der Waals surface area (Å²) in [4.78, 5) is 13.7. The van der Waals surface area contributed by atoms with Gasteiger partial charge >= 0.3 is 5.97 Å². The quantitative estimate of drug-likeness (QED) is 0.301. The summed E-state index contributed by atoms with van der Waals surface area (Å²) < 4.78 is 5.70. The molecule has 0 aliphatic heterocycles. The first kappa shape index (κ1) is 21.9. The van der Waals surface area contributed by atoms with Crippen molar-refractivity contribution in [2.75, 3.05) is 6.61 Å². The first-order chi connectivity index (χ1) is 15.8. The second-order valence-corrected chi connectivity index (χ2v) is 10.9. The van der Waals surface area contributed by atoms with Crippen LogP contribution in [0.5, 0.6) is 0 Å². The van der Waals surface area contributed by atoms with Crippen molar-refractivity contribution in [1.82, 2.24) is 0 Å². The van der Waals surface area contributed by atoms with E-state index < -0.39 is 6.89 Å². The Hall–Kier alpha value is -3.35. The number of carbonyl (C=O) groups excluding carboxylic acids is 1. The summed E-state index contributed by atoms with van der Waals surface area (Å²) in [5, 5.41) is 4.26. The second kappa shape index (κ2) is 10.3. The zero-order valence-electron chi connectivity index (χ0n) is 18.2. The summed E-state index contributed by atoms with van der Waals surface area (Å²) in [6, 6.07) is 41.5. The van der Waals surface area contributed by atoms with Crippen molar-refractivity contribution >= 4 is 34.1 Å². The zero-order chi connectivity index (χ0) is 22.2. The molecule has 3 heteroatoms. The van der Waals surface area contributed by atoms with E-state index in [9.17, 15) is 4.79 Å². The van der Waals surface area contributed by atoms with Crippen LogP contribution in [0.4, 0.5) is 0 Å². The highest BCUT2D eigenvalue weighted by Crippen LogP contribution is 2.47. The van der Waals surface area contributed by atoms with Crippen LogP contribution >= 0.6 is 6.89 Å². The number of benzene rings is 4. The molecule has 0 bridgehead atoms. The molecule has 2 nitrogen and oxygen atoms in total. The molecule has 0 heterocycles. The minimum Gasteiger partial charge on any atom is -0.463 e. The van der Waals surface area contributed by atoms with Crippen molar-refractivity contribution in [2.45, 2.75) is 13.3 Å². The Labute approximate surface area is 190 Å². The van der Waals surface area contributed by atoms with Gasteiger partial charge in [0.05, 0.1) is 11.9 Å². The Morgan fingerprint density at radius 2 is 1.00 bits per heavy atom. The molecule has 0 N–H and O–H groups in total. The van der Waals surface area contributed by atoms with Crippen LogP contribution in [0.15, 0.2) is 121 Å². The molecule has 0 aliphatic carbocycles. The lowest BCUT2D eigenvalue weighted by molar-refractivity contribution is -0.134. The smallest absolute Gasteiger partial charge is 0.335 e. The van der Waals surface area contributed by atoms with Gasteiger partial charge in [0.2, 0.25) is 0 Å². The topological polar surface area (TPSA) is 26.3 Å². The SMILES string of the molecule is CCOC(=O)C(Cc1ccccc1)=P(c1ccccc1)(c1ccccc1)c1ccccc1. The third kappa shape index (κ3) is 4.33. The van der Waals surface area contributed by atoms with Crippen molar-refractivity contribution in [1.29, 1.82) is 0 Å². The Bertz CT molecular complexity index is 1100. The Balaban J connectivity index is 2.18. The fourth-order valence-corrected chi connectivity index (χ4v) is 8.65. The van der Waals surface area contributed by atoms with Gasteiger partial charge in [-0.2, -0.15) is 0 Å². The summed E-state index contributed by atoms with van der Waals surface area (Å²) in [6.07, 6.45) is 0.534. The molecule has 4 rings (SSSR count). The van der Waals surface area contributed by atoms with Crippen molar-refractivity contribution in [2.24, 2.45) is 0 Å². The van der Waals surface area contributed by atoms with Crippen LogP contribution in [-0.2, 0) is 16.0 Å². The number of rotatable bonds is 7. The summed E-state index contributed by atoms with van der Waals surface area (Å²) in [5.74, 6) is -0.221. The zero-order valence-corrected chi connectivity index (χ0v) is 19.1. The molecule has 0 saturated carbocycles. The molecule has 0 amide bonds. The molecule has 160 valence electrons. The van der Waals surface area contributed by atoms with E-state index in [0.717, 1.165) is 26.8 Å². The average molecular weight is 439 g/mol. The lowest BCUT2D eigenvalue weighted by Crippen LogP contribution is -2.35. The molecular formula is C29H27O2P. The highest BCUT2D eigenvalue weighted by molar-refractivity contribution is 7.96. The van der Waals surface area contributed by atoms with Crippen LogP contribution in [0, 0.1) is 0 Å². The maximum absolute atomic E-state index is 13.7. The van der Waals surface area contributed by atoms with Gasteiger partial charge in [0.1, 0.15) is 0 Å². The standard InChI is InChI=1S/C29H27O2P/c1-2-31-29(30)28(23-24-15-7-3-8-16-24)32(25-17-9-4-10-18-25,26-19-11-5-12-20-26)27-21-13-6-14-22-27/h3-22H,2,23H2,1H3. The minimum absolute atomic E-state index is 0.221. The fraction of sp³-hybridized carbons (Fsp3) is 0.103. The minimum atomic E-state index is -2.47. The molecule has 32 heavy (non-hydrogen) atoms. The molecule has 0 aliphatic rings. The van der Waals surface area contributed by atoms with E-state index in [1.165, 1.54) is 0 Å². The molecule has 0 radical (unpaired) electrons. The van der Waals surface area contributed by atoms with Gasteiger partial charge in [0.25, 0.3) is 0 Å². The predicted octanol–water partition coefficient (Wildman–Crippen LogP) is 4.96. The van der Waals surface area contributed by atoms with Crippen LogP contribution in [0.25, 0.3) is 0 Å². The van der Waals surface area contributed by atoms with Gasteiger partial charge in [-0.3, -0.25) is 0 Å². The summed E-state index contributed by atoms with van der Waals surface area (Å²) >= 11 is 0. The molecule has 0 saturated heterocycles. The lowest BCUT2D eigenvalue weighted by atomic mass is 10.1. The first-order valence-corrected chi connectivity index (χ1v) is 12.7. The van der Waals surface area contributed by atoms with Crippen LogP contribution < -0.4 is 15.9 Å². The van der Waals surface area contributed by atoms with Crippen LogP contribution in [0.3, 0.4) is 0 Å². The molecule has 4 aromatic rings. The normalized spacial score (nSPS) is 11.0. The number of carbonyl (C=O) groups is 1. The monoisotopic (exact) mass is 438 g/mol. The molecule has 0 unspecified atom stereocenters. The van der Waals surface area contributed by atoms with Crippen molar-refractivity contribution < 1.29 is 9.53 Å². The van der Waals surface area contributed by atoms with Gasteiger partial charge in [-0.05, 0) is 35.3 Å². The molecular weight excluding hydrogens is 411 g/mol. The molecule has 4 aromatic carbocycles. The molecule has 0 aromatic heterocycles.